The molecule has 0 N–H and O–H groups in total. The van der Waals surface area contributed by atoms with E-state index in [1.807, 2.05) is 0 Å². The predicted octanol–water partition coefficient (Wildman–Crippen LogP) is 3.37. The van der Waals surface area contributed by atoms with Crippen LogP contribution in [0.15, 0.2) is 15.9 Å². The zero-order valence-electron chi connectivity index (χ0n) is 7.71. The topological polar surface area (TPSA) is 26.3 Å². The standard InChI is InChI=1S/C9H9BrF2O2S/c10-6-2-4-15-9(6)7(13)1-3-14-5-8(11)12/h2,4,8H,1,3,5H2. The maximum atomic E-state index is 11.7. The lowest BCUT2D eigenvalue weighted by atomic mass is 10.2. The highest BCUT2D eigenvalue weighted by Crippen LogP contribution is 2.23. The average molecular weight is 299 g/mol. The Morgan fingerprint density at radius 3 is 2.87 bits per heavy atom. The first-order valence-corrected chi connectivity index (χ1v) is 5.90. The van der Waals surface area contributed by atoms with E-state index >= 15 is 0 Å². The predicted molar refractivity (Wildman–Crippen MR) is 57.8 cm³/mol. The van der Waals surface area contributed by atoms with Crippen molar-refractivity contribution >= 4 is 33.0 Å². The first-order chi connectivity index (χ1) is 7.11. The molecular formula is C9H9BrF2O2S. The summed E-state index contributed by atoms with van der Waals surface area (Å²) in [6.07, 6.45) is -2.35. The molecule has 0 radical (unpaired) electrons. The van der Waals surface area contributed by atoms with Gasteiger partial charge < -0.3 is 4.74 Å². The minimum atomic E-state index is -2.48. The zero-order valence-corrected chi connectivity index (χ0v) is 10.1. The van der Waals surface area contributed by atoms with E-state index in [1.165, 1.54) is 11.3 Å². The van der Waals surface area contributed by atoms with Crippen LogP contribution in [0.5, 0.6) is 0 Å². The number of Topliss-reactive ketones (excluding diaryl/α,β-unsaturated/α-hetero) is 1. The molecule has 2 nitrogen and oxygen atoms in total. The molecule has 0 saturated carbocycles. The second-order valence-electron chi connectivity index (χ2n) is 2.74. The van der Waals surface area contributed by atoms with Crippen LogP contribution < -0.4 is 0 Å². The number of alkyl halides is 2. The summed E-state index contributed by atoms with van der Waals surface area (Å²) in [5.41, 5.74) is 0. The van der Waals surface area contributed by atoms with E-state index in [1.54, 1.807) is 11.4 Å². The molecule has 0 saturated heterocycles. The second kappa shape index (κ2) is 6.30. The largest absolute Gasteiger partial charge is 0.375 e. The molecule has 1 aromatic heterocycles. The van der Waals surface area contributed by atoms with E-state index in [0.717, 1.165) is 4.47 Å². The van der Waals surface area contributed by atoms with E-state index in [4.69, 9.17) is 0 Å². The van der Waals surface area contributed by atoms with Gasteiger partial charge in [-0.05, 0) is 27.4 Å². The minimum Gasteiger partial charge on any atom is -0.375 e. The Morgan fingerprint density at radius 1 is 1.60 bits per heavy atom. The summed E-state index contributed by atoms with van der Waals surface area (Å²) >= 11 is 4.55. The lowest BCUT2D eigenvalue weighted by Crippen LogP contribution is -2.08. The number of ketones is 1. The van der Waals surface area contributed by atoms with Crippen molar-refractivity contribution < 1.29 is 18.3 Å². The Labute approximate surface area is 98.4 Å². The van der Waals surface area contributed by atoms with E-state index in [0.29, 0.717) is 4.88 Å². The zero-order chi connectivity index (χ0) is 11.3. The van der Waals surface area contributed by atoms with Gasteiger partial charge in [0, 0.05) is 10.9 Å². The Balaban J connectivity index is 2.28. The second-order valence-corrected chi connectivity index (χ2v) is 4.51. The van der Waals surface area contributed by atoms with Crippen molar-refractivity contribution in [3.8, 4) is 0 Å². The maximum absolute atomic E-state index is 11.7. The summed E-state index contributed by atoms with van der Waals surface area (Å²) in [6, 6.07) is 1.78. The van der Waals surface area contributed by atoms with Crippen LogP contribution in [-0.4, -0.2) is 25.4 Å². The number of halogens is 3. The molecule has 0 fully saturated rings. The van der Waals surface area contributed by atoms with Gasteiger partial charge in [0.15, 0.2) is 5.78 Å². The third kappa shape index (κ3) is 4.36. The van der Waals surface area contributed by atoms with E-state index < -0.39 is 13.0 Å². The van der Waals surface area contributed by atoms with E-state index in [-0.39, 0.29) is 18.8 Å². The summed E-state index contributed by atoms with van der Waals surface area (Å²) in [5, 5.41) is 1.79. The average Bonchev–Trinajstić information content (AvgIpc) is 2.58. The van der Waals surface area contributed by atoms with Crippen molar-refractivity contribution in [1.82, 2.24) is 0 Å². The van der Waals surface area contributed by atoms with Crippen LogP contribution in [-0.2, 0) is 4.74 Å². The number of carbonyl (C=O) groups is 1. The normalized spacial score (nSPS) is 10.9. The summed E-state index contributed by atoms with van der Waals surface area (Å²) in [7, 11) is 0. The SMILES string of the molecule is O=C(CCOCC(F)F)c1sccc1Br. The number of carbonyl (C=O) groups excluding carboxylic acids is 1. The van der Waals surface area contributed by atoms with Crippen molar-refractivity contribution in [3.63, 3.8) is 0 Å². The molecule has 1 rings (SSSR count). The summed E-state index contributed by atoms with van der Waals surface area (Å²) in [6.45, 7) is -0.577. The Hall–Kier alpha value is -0.330. The first kappa shape index (κ1) is 12.7. The summed E-state index contributed by atoms with van der Waals surface area (Å²) in [5.74, 6) is -0.0915. The van der Waals surface area contributed by atoms with Gasteiger partial charge in [-0.3, -0.25) is 4.79 Å². The van der Waals surface area contributed by atoms with Crippen LogP contribution in [0, 0.1) is 0 Å². The molecule has 1 heterocycles. The fourth-order valence-corrected chi connectivity index (χ4v) is 2.51. The van der Waals surface area contributed by atoms with Gasteiger partial charge >= 0.3 is 0 Å². The molecule has 0 aromatic carbocycles. The third-order valence-corrected chi connectivity index (χ3v) is 3.47. The molecule has 0 aliphatic rings. The summed E-state index contributed by atoms with van der Waals surface area (Å²) < 4.78 is 28.7. The Morgan fingerprint density at radius 2 is 2.33 bits per heavy atom. The van der Waals surface area contributed by atoms with Crippen molar-refractivity contribution in [2.45, 2.75) is 12.8 Å². The first-order valence-electron chi connectivity index (χ1n) is 4.23. The van der Waals surface area contributed by atoms with Gasteiger partial charge in [0.25, 0.3) is 6.43 Å². The van der Waals surface area contributed by atoms with Gasteiger partial charge in [-0.15, -0.1) is 11.3 Å². The number of hydrogen-bond donors (Lipinski definition) is 0. The number of thiophene rings is 1. The maximum Gasteiger partial charge on any atom is 0.261 e. The summed E-state index contributed by atoms with van der Waals surface area (Å²) in [4.78, 5) is 12.1. The van der Waals surface area contributed by atoms with Crippen LogP contribution >= 0.6 is 27.3 Å². The van der Waals surface area contributed by atoms with Gasteiger partial charge in [-0.25, -0.2) is 8.78 Å². The number of hydrogen-bond acceptors (Lipinski definition) is 3. The minimum absolute atomic E-state index is 0.0352. The van der Waals surface area contributed by atoms with Gasteiger partial charge in [0.2, 0.25) is 0 Å². The van der Waals surface area contributed by atoms with Gasteiger partial charge in [-0.1, -0.05) is 0 Å². The van der Waals surface area contributed by atoms with Crippen molar-refractivity contribution in [2.24, 2.45) is 0 Å². The fraction of sp³-hybridized carbons (Fsp3) is 0.444. The Bertz CT molecular complexity index is 328. The molecule has 84 valence electrons. The Kier molecular flexibility index (Phi) is 5.35. The van der Waals surface area contributed by atoms with Crippen LogP contribution in [0.4, 0.5) is 8.78 Å². The molecule has 0 aliphatic heterocycles. The monoisotopic (exact) mass is 298 g/mol. The molecule has 0 bridgehead atoms. The molecule has 0 amide bonds. The lowest BCUT2D eigenvalue weighted by molar-refractivity contribution is 0.0170. The van der Waals surface area contributed by atoms with Crippen LogP contribution in [0.25, 0.3) is 0 Å². The molecule has 0 aliphatic carbocycles. The van der Waals surface area contributed by atoms with Gasteiger partial charge in [0.05, 0.1) is 11.5 Å². The highest BCUT2D eigenvalue weighted by Gasteiger charge is 2.11. The van der Waals surface area contributed by atoms with Crippen molar-refractivity contribution in [1.29, 1.82) is 0 Å². The molecule has 15 heavy (non-hydrogen) atoms. The molecule has 0 spiro atoms. The van der Waals surface area contributed by atoms with Crippen LogP contribution in [0.3, 0.4) is 0 Å². The van der Waals surface area contributed by atoms with Crippen LogP contribution in [0.1, 0.15) is 16.1 Å². The van der Waals surface area contributed by atoms with Crippen molar-refractivity contribution in [3.05, 3.63) is 20.8 Å². The van der Waals surface area contributed by atoms with E-state index in [2.05, 4.69) is 20.7 Å². The number of ether oxygens (including phenoxy) is 1. The molecule has 0 unspecified atom stereocenters. The molecular weight excluding hydrogens is 290 g/mol. The highest BCUT2D eigenvalue weighted by atomic mass is 79.9. The fourth-order valence-electron chi connectivity index (χ4n) is 0.944. The van der Waals surface area contributed by atoms with Crippen LogP contribution in [0.2, 0.25) is 0 Å². The number of rotatable bonds is 6. The van der Waals surface area contributed by atoms with Crippen molar-refractivity contribution in [2.75, 3.05) is 13.2 Å². The highest BCUT2D eigenvalue weighted by molar-refractivity contribution is 9.10. The smallest absolute Gasteiger partial charge is 0.261 e. The lowest BCUT2D eigenvalue weighted by Gasteiger charge is -2.02. The van der Waals surface area contributed by atoms with Gasteiger partial charge in [0.1, 0.15) is 6.61 Å². The van der Waals surface area contributed by atoms with E-state index in [9.17, 15) is 13.6 Å². The quantitative estimate of drug-likeness (QED) is 0.594. The molecule has 0 atom stereocenters. The van der Waals surface area contributed by atoms with Gasteiger partial charge in [-0.2, -0.15) is 0 Å². The molecule has 6 heteroatoms. The third-order valence-electron chi connectivity index (χ3n) is 1.59. The molecule has 1 aromatic rings.